The van der Waals surface area contributed by atoms with Crippen molar-refractivity contribution < 1.29 is 32.5 Å². The van der Waals surface area contributed by atoms with Gasteiger partial charge in [0.25, 0.3) is 5.72 Å². The monoisotopic (exact) mass is 399 g/mol. The maximum Gasteiger partial charge on any atom is 0.439 e. The number of hydrogen-bond donors (Lipinski definition) is 1. The second-order valence-electron chi connectivity index (χ2n) is 5.89. The van der Waals surface area contributed by atoms with Crippen LogP contribution in [0.5, 0.6) is 5.75 Å². The van der Waals surface area contributed by atoms with Crippen LogP contribution >= 0.6 is 11.3 Å². The van der Waals surface area contributed by atoms with Crippen LogP contribution in [-0.2, 0) is 4.74 Å². The zero-order chi connectivity index (χ0) is 19.4. The molecule has 1 aromatic carbocycles. The van der Waals surface area contributed by atoms with Crippen molar-refractivity contribution in [1.82, 2.24) is 4.98 Å². The molecule has 0 spiro atoms. The van der Waals surface area contributed by atoms with E-state index in [1.165, 1.54) is 5.38 Å². The molecule has 1 aromatic heterocycles. The number of hydrogen-bond acceptors (Lipinski definition) is 8. The number of thiazole rings is 1. The molecule has 0 saturated heterocycles. The summed E-state index contributed by atoms with van der Waals surface area (Å²) in [7, 11) is 1.13. The topological polar surface area (TPSA) is 84.2 Å². The Hall–Kier alpha value is -2.66. The second kappa shape index (κ2) is 5.92. The van der Waals surface area contributed by atoms with E-state index in [-0.39, 0.29) is 16.5 Å². The minimum absolute atomic E-state index is 0.0477. The predicted molar refractivity (Wildman–Crippen MR) is 88.9 cm³/mol. The summed E-state index contributed by atoms with van der Waals surface area (Å²) in [4.78, 5) is 15.4. The molecule has 11 heteroatoms. The molecule has 0 aliphatic carbocycles. The summed E-state index contributed by atoms with van der Waals surface area (Å²) in [6.45, 7) is -0.405. The molecule has 0 bridgehead atoms. The van der Waals surface area contributed by atoms with E-state index in [1.54, 1.807) is 24.3 Å². The van der Waals surface area contributed by atoms with E-state index in [0.29, 0.717) is 16.3 Å². The number of methoxy groups -OCH3 is 1. The molecule has 0 fully saturated rings. The lowest BCUT2D eigenvalue weighted by Crippen LogP contribution is -2.61. The molecular formula is C16H12F3N3O4S. The Labute approximate surface area is 154 Å². The standard InChI is InChI=1S/C16H12F3N3O4S/c1-25-13(23)10-7-27-14(20-10)22-15(24,16(17,18)19)9-6-26-11-5-3-2-4-8(11)12(9)21-22/h2-5,7,9,24H,6H2,1H3/t9-,15+/m0/s1. The van der Waals surface area contributed by atoms with Gasteiger partial charge in [0, 0.05) is 10.9 Å². The van der Waals surface area contributed by atoms with E-state index >= 15 is 0 Å². The van der Waals surface area contributed by atoms with Crippen LogP contribution in [0.4, 0.5) is 18.3 Å². The van der Waals surface area contributed by atoms with Crippen molar-refractivity contribution in [3.05, 3.63) is 40.9 Å². The number of hydrazone groups is 1. The van der Waals surface area contributed by atoms with Crippen LogP contribution in [0.2, 0.25) is 0 Å². The minimum Gasteiger partial charge on any atom is -0.492 e. The fourth-order valence-electron chi connectivity index (χ4n) is 3.07. The first-order chi connectivity index (χ1) is 12.8. The maximum atomic E-state index is 13.9. The Morgan fingerprint density at radius 2 is 2.19 bits per heavy atom. The zero-order valence-electron chi connectivity index (χ0n) is 13.7. The summed E-state index contributed by atoms with van der Waals surface area (Å²) in [5.41, 5.74) is -3.12. The normalized spacial score (nSPS) is 24.0. The summed E-state index contributed by atoms with van der Waals surface area (Å²) < 4.78 is 51.7. The van der Waals surface area contributed by atoms with E-state index in [1.807, 2.05) is 0 Å². The highest BCUT2D eigenvalue weighted by Gasteiger charge is 2.69. The van der Waals surface area contributed by atoms with Crippen LogP contribution in [0.1, 0.15) is 16.1 Å². The number of anilines is 1. The van der Waals surface area contributed by atoms with Crippen molar-refractivity contribution in [2.45, 2.75) is 11.9 Å². The molecule has 4 rings (SSSR count). The molecule has 27 heavy (non-hydrogen) atoms. The van der Waals surface area contributed by atoms with Crippen LogP contribution in [-0.4, -0.2) is 47.4 Å². The molecule has 2 aliphatic rings. The van der Waals surface area contributed by atoms with Gasteiger partial charge in [0.1, 0.15) is 12.4 Å². The quantitative estimate of drug-likeness (QED) is 0.781. The molecule has 0 radical (unpaired) electrons. The highest BCUT2D eigenvalue weighted by atomic mass is 32.1. The first kappa shape index (κ1) is 17.7. The number of fused-ring (bicyclic) bond motifs is 3. The molecule has 0 unspecified atom stereocenters. The van der Waals surface area contributed by atoms with Crippen LogP contribution in [0.15, 0.2) is 34.7 Å². The average Bonchev–Trinajstić information content (AvgIpc) is 3.24. The predicted octanol–water partition coefficient (Wildman–Crippen LogP) is 2.41. The molecule has 7 nitrogen and oxygen atoms in total. The van der Waals surface area contributed by atoms with Crippen LogP contribution in [0.3, 0.4) is 0 Å². The number of halogens is 3. The number of carbonyl (C=O) groups is 1. The molecule has 0 saturated carbocycles. The van der Waals surface area contributed by atoms with Crippen molar-refractivity contribution in [3.63, 3.8) is 0 Å². The van der Waals surface area contributed by atoms with Gasteiger partial charge < -0.3 is 14.6 Å². The highest BCUT2D eigenvalue weighted by molar-refractivity contribution is 7.14. The van der Waals surface area contributed by atoms with Gasteiger partial charge in [-0.05, 0) is 12.1 Å². The molecule has 0 amide bonds. The van der Waals surface area contributed by atoms with Crippen LogP contribution < -0.4 is 9.75 Å². The lowest BCUT2D eigenvalue weighted by molar-refractivity contribution is -0.270. The lowest BCUT2D eigenvalue weighted by Gasteiger charge is -2.38. The first-order valence-electron chi connectivity index (χ1n) is 7.71. The molecule has 2 aliphatic heterocycles. The Bertz CT molecular complexity index is 945. The number of aliphatic hydroxyl groups is 1. The van der Waals surface area contributed by atoms with Crippen molar-refractivity contribution in [3.8, 4) is 5.75 Å². The van der Waals surface area contributed by atoms with Gasteiger partial charge in [-0.1, -0.05) is 12.1 Å². The number of rotatable bonds is 2. The van der Waals surface area contributed by atoms with Crippen molar-refractivity contribution >= 4 is 28.1 Å². The Morgan fingerprint density at radius 1 is 1.44 bits per heavy atom. The lowest BCUT2D eigenvalue weighted by atomic mass is 9.86. The Balaban J connectivity index is 1.85. The molecule has 2 aromatic rings. The van der Waals surface area contributed by atoms with Crippen molar-refractivity contribution in [2.75, 3.05) is 18.7 Å². The highest BCUT2D eigenvalue weighted by Crippen LogP contribution is 2.49. The third-order valence-corrected chi connectivity index (χ3v) is 5.22. The fourth-order valence-corrected chi connectivity index (χ4v) is 3.87. The van der Waals surface area contributed by atoms with E-state index < -0.39 is 30.4 Å². The van der Waals surface area contributed by atoms with Crippen molar-refractivity contribution in [2.24, 2.45) is 11.0 Å². The maximum absolute atomic E-state index is 13.9. The molecule has 1 N–H and O–H groups in total. The summed E-state index contributed by atoms with van der Waals surface area (Å²) in [6, 6.07) is 6.51. The first-order valence-corrected chi connectivity index (χ1v) is 8.59. The molecular weight excluding hydrogens is 387 g/mol. The van der Waals surface area contributed by atoms with Gasteiger partial charge in [-0.25, -0.2) is 9.78 Å². The minimum atomic E-state index is -5.06. The molecule has 142 valence electrons. The zero-order valence-corrected chi connectivity index (χ0v) is 14.5. The third kappa shape index (κ3) is 2.49. The van der Waals surface area contributed by atoms with Gasteiger partial charge in [-0.3, -0.25) is 0 Å². The second-order valence-corrected chi connectivity index (χ2v) is 6.72. The number of nitrogens with zero attached hydrogens (tertiary/aromatic N) is 3. The molecule has 2 atom stereocenters. The van der Waals surface area contributed by atoms with E-state index in [4.69, 9.17) is 4.74 Å². The summed E-state index contributed by atoms with van der Waals surface area (Å²) >= 11 is 0.742. The van der Waals surface area contributed by atoms with Crippen LogP contribution in [0, 0.1) is 5.92 Å². The van der Waals surface area contributed by atoms with Gasteiger partial charge in [0.2, 0.25) is 5.13 Å². The Morgan fingerprint density at radius 3 is 2.89 bits per heavy atom. The number of esters is 1. The Kier molecular flexibility index (Phi) is 3.89. The number of para-hydroxylation sites is 1. The number of aromatic nitrogens is 1. The fraction of sp³-hybridized carbons (Fsp3) is 0.312. The number of carbonyl (C=O) groups excluding carboxylic acids is 1. The van der Waals surface area contributed by atoms with Crippen molar-refractivity contribution in [1.29, 1.82) is 0 Å². The van der Waals surface area contributed by atoms with Crippen LogP contribution in [0.25, 0.3) is 0 Å². The number of ether oxygens (including phenoxy) is 2. The van der Waals surface area contributed by atoms with E-state index in [9.17, 15) is 23.1 Å². The van der Waals surface area contributed by atoms with Gasteiger partial charge >= 0.3 is 12.1 Å². The summed E-state index contributed by atoms with van der Waals surface area (Å²) in [5, 5.41) is 16.1. The summed E-state index contributed by atoms with van der Waals surface area (Å²) in [5.74, 6) is -1.89. The van der Waals surface area contributed by atoms with Gasteiger partial charge in [0.15, 0.2) is 5.69 Å². The SMILES string of the molecule is COC(=O)c1csc(N2N=C3c4ccccc4OC[C@@H]3[C@@]2(O)C(F)(F)F)n1. The number of benzene rings is 1. The van der Waals surface area contributed by atoms with E-state index in [0.717, 1.165) is 18.4 Å². The summed E-state index contributed by atoms with van der Waals surface area (Å²) in [6.07, 6.45) is -5.06. The largest absolute Gasteiger partial charge is 0.492 e. The van der Waals surface area contributed by atoms with E-state index in [2.05, 4.69) is 14.8 Å². The number of alkyl halides is 3. The third-order valence-electron chi connectivity index (χ3n) is 4.40. The van der Waals surface area contributed by atoms with Gasteiger partial charge in [-0.2, -0.15) is 23.3 Å². The smallest absolute Gasteiger partial charge is 0.439 e. The van der Waals surface area contributed by atoms with Gasteiger partial charge in [0.05, 0.1) is 18.7 Å². The van der Waals surface area contributed by atoms with Gasteiger partial charge in [-0.15, -0.1) is 11.3 Å². The molecule has 3 heterocycles. The average molecular weight is 399 g/mol.